The number of rotatable bonds is 3. The van der Waals surface area contributed by atoms with Crippen LogP contribution in [0.5, 0.6) is 0 Å². The molecule has 14 heavy (non-hydrogen) atoms. The van der Waals surface area contributed by atoms with Gasteiger partial charge in [0.05, 0.1) is 0 Å². The van der Waals surface area contributed by atoms with Crippen LogP contribution in [0.2, 0.25) is 0 Å². The number of hydrogen-bond donors (Lipinski definition) is 2. The molecule has 2 heterocycles. The van der Waals surface area contributed by atoms with Crippen molar-refractivity contribution in [2.45, 2.75) is 18.9 Å². The van der Waals surface area contributed by atoms with Crippen LogP contribution in [0, 0.1) is 0 Å². The molecule has 0 aromatic carbocycles. The average molecular weight is 191 g/mol. The van der Waals surface area contributed by atoms with E-state index in [1.807, 2.05) is 12.1 Å². The second-order valence-corrected chi connectivity index (χ2v) is 3.42. The minimum atomic E-state index is 0.159. The molecular formula is C10H13N3O. The largest absolute Gasteiger partial charge is 0.383 e. The zero-order valence-electron chi connectivity index (χ0n) is 7.86. The lowest BCUT2D eigenvalue weighted by molar-refractivity contribution is -0.119. The molecule has 1 unspecified atom stereocenters. The van der Waals surface area contributed by atoms with Crippen molar-refractivity contribution < 1.29 is 4.79 Å². The van der Waals surface area contributed by atoms with Crippen molar-refractivity contribution in [1.29, 1.82) is 0 Å². The van der Waals surface area contributed by atoms with Gasteiger partial charge in [-0.3, -0.25) is 9.78 Å². The second kappa shape index (κ2) is 4.09. The molecule has 0 radical (unpaired) electrons. The minimum absolute atomic E-state index is 0.159. The van der Waals surface area contributed by atoms with Crippen LogP contribution in [0.15, 0.2) is 24.5 Å². The van der Waals surface area contributed by atoms with Crippen LogP contribution in [0.25, 0.3) is 0 Å². The van der Waals surface area contributed by atoms with E-state index in [0.717, 1.165) is 18.7 Å². The van der Waals surface area contributed by atoms with Crippen LogP contribution in [0.4, 0.5) is 5.69 Å². The quantitative estimate of drug-likeness (QED) is 0.742. The zero-order chi connectivity index (χ0) is 9.80. The standard InChI is InChI=1S/C10H13N3O/c14-10-2-1-9(13-10)7-12-8-3-5-11-6-4-8/h3-6,9H,1-2,7H2,(H,11,12)(H,13,14). The van der Waals surface area contributed by atoms with Crippen molar-refractivity contribution in [2.24, 2.45) is 0 Å². The number of carbonyl (C=O) groups is 1. The molecule has 1 aliphatic heterocycles. The fraction of sp³-hybridized carbons (Fsp3) is 0.400. The SMILES string of the molecule is O=C1CCC(CNc2ccncc2)N1. The fourth-order valence-electron chi connectivity index (χ4n) is 1.54. The second-order valence-electron chi connectivity index (χ2n) is 3.42. The first kappa shape index (κ1) is 8.99. The molecule has 1 aromatic rings. The van der Waals surface area contributed by atoms with Crippen molar-refractivity contribution >= 4 is 11.6 Å². The first-order valence-corrected chi connectivity index (χ1v) is 4.78. The summed E-state index contributed by atoms with van der Waals surface area (Å²) in [4.78, 5) is 14.8. The predicted octanol–water partition coefficient (Wildman–Crippen LogP) is 0.772. The van der Waals surface area contributed by atoms with Crippen LogP contribution in [0.1, 0.15) is 12.8 Å². The Bertz CT molecular complexity index is 312. The van der Waals surface area contributed by atoms with Gasteiger partial charge in [0.1, 0.15) is 0 Å². The highest BCUT2D eigenvalue weighted by Gasteiger charge is 2.19. The Labute approximate surface area is 82.7 Å². The van der Waals surface area contributed by atoms with E-state index in [2.05, 4.69) is 15.6 Å². The van der Waals surface area contributed by atoms with E-state index in [0.29, 0.717) is 6.42 Å². The lowest BCUT2D eigenvalue weighted by Gasteiger charge is -2.11. The molecule has 1 aliphatic rings. The molecular weight excluding hydrogens is 178 g/mol. The number of hydrogen-bond acceptors (Lipinski definition) is 3. The summed E-state index contributed by atoms with van der Waals surface area (Å²) in [5, 5.41) is 6.16. The van der Waals surface area contributed by atoms with Crippen LogP contribution in [-0.2, 0) is 4.79 Å². The van der Waals surface area contributed by atoms with E-state index in [4.69, 9.17) is 0 Å². The van der Waals surface area contributed by atoms with Crippen LogP contribution in [0.3, 0.4) is 0 Å². The molecule has 0 aliphatic carbocycles. The van der Waals surface area contributed by atoms with Crippen LogP contribution in [-0.4, -0.2) is 23.5 Å². The topological polar surface area (TPSA) is 54.0 Å². The number of carbonyl (C=O) groups excluding carboxylic acids is 1. The van der Waals surface area contributed by atoms with Crippen molar-refractivity contribution in [3.05, 3.63) is 24.5 Å². The maximum atomic E-state index is 10.9. The Morgan fingerprint density at radius 1 is 1.50 bits per heavy atom. The number of nitrogens with zero attached hydrogens (tertiary/aromatic N) is 1. The highest BCUT2D eigenvalue weighted by molar-refractivity contribution is 5.78. The molecule has 1 amide bonds. The summed E-state index contributed by atoms with van der Waals surface area (Å²) in [6, 6.07) is 4.10. The summed E-state index contributed by atoms with van der Waals surface area (Å²) in [5.74, 6) is 0.159. The van der Waals surface area contributed by atoms with E-state index < -0.39 is 0 Å². The third-order valence-electron chi connectivity index (χ3n) is 2.32. The molecule has 4 heteroatoms. The number of anilines is 1. The summed E-state index contributed by atoms with van der Waals surface area (Å²) < 4.78 is 0. The molecule has 4 nitrogen and oxygen atoms in total. The van der Waals surface area contributed by atoms with Crippen LogP contribution >= 0.6 is 0 Å². The molecule has 0 saturated carbocycles. The van der Waals surface area contributed by atoms with E-state index in [1.54, 1.807) is 12.4 Å². The van der Waals surface area contributed by atoms with Gasteiger partial charge in [0, 0.05) is 37.1 Å². The maximum absolute atomic E-state index is 10.9. The van der Waals surface area contributed by atoms with Gasteiger partial charge in [0.25, 0.3) is 0 Å². The fourth-order valence-corrected chi connectivity index (χ4v) is 1.54. The van der Waals surface area contributed by atoms with Crippen molar-refractivity contribution in [1.82, 2.24) is 10.3 Å². The zero-order valence-corrected chi connectivity index (χ0v) is 7.86. The van der Waals surface area contributed by atoms with Gasteiger partial charge in [0.15, 0.2) is 0 Å². The lowest BCUT2D eigenvalue weighted by Crippen LogP contribution is -2.31. The Hall–Kier alpha value is -1.58. The molecule has 0 spiro atoms. The molecule has 1 saturated heterocycles. The Morgan fingerprint density at radius 2 is 2.29 bits per heavy atom. The van der Waals surface area contributed by atoms with Gasteiger partial charge in [-0.25, -0.2) is 0 Å². The van der Waals surface area contributed by atoms with E-state index in [-0.39, 0.29) is 11.9 Å². The molecule has 0 bridgehead atoms. The highest BCUT2D eigenvalue weighted by atomic mass is 16.1. The third kappa shape index (κ3) is 2.22. The van der Waals surface area contributed by atoms with Crippen molar-refractivity contribution in [3.63, 3.8) is 0 Å². The molecule has 1 fully saturated rings. The molecule has 2 rings (SSSR count). The monoisotopic (exact) mass is 191 g/mol. The molecule has 1 atom stereocenters. The van der Waals surface area contributed by atoms with E-state index in [1.165, 1.54) is 0 Å². The smallest absolute Gasteiger partial charge is 0.220 e. The molecule has 74 valence electrons. The minimum Gasteiger partial charge on any atom is -0.383 e. The van der Waals surface area contributed by atoms with E-state index in [9.17, 15) is 4.79 Å². The summed E-state index contributed by atoms with van der Waals surface area (Å²) in [5.41, 5.74) is 1.04. The van der Waals surface area contributed by atoms with Gasteiger partial charge in [-0.2, -0.15) is 0 Å². The first-order valence-electron chi connectivity index (χ1n) is 4.78. The van der Waals surface area contributed by atoms with Gasteiger partial charge >= 0.3 is 0 Å². The lowest BCUT2D eigenvalue weighted by atomic mass is 10.2. The Balaban J connectivity index is 1.80. The van der Waals surface area contributed by atoms with Gasteiger partial charge in [-0.05, 0) is 18.6 Å². The van der Waals surface area contributed by atoms with Gasteiger partial charge < -0.3 is 10.6 Å². The highest BCUT2D eigenvalue weighted by Crippen LogP contribution is 2.08. The Kier molecular flexibility index (Phi) is 2.62. The number of aromatic nitrogens is 1. The van der Waals surface area contributed by atoms with Gasteiger partial charge in [-0.15, -0.1) is 0 Å². The Morgan fingerprint density at radius 3 is 2.93 bits per heavy atom. The third-order valence-corrected chi connectivity index (χ3v) is 2.32. The van der Waals surface area contributed by atoms with Crippen molar-refractivity contribution in [3.8, 4) is 0 Å². The van der Waals surface area contributed by atoms with Crippen molar-refractivity contribution in [2.75, 3.05) is 11.9 Å². The summed E-state index contributed by atoms with van der Waals surface area (Å²) >= 11 is 0. The molecule has 2 N–H and O–H groups in total. The van der Waals surface area contributed by atoms with Crippen LogP contribution < -0.4 is 10.6 Å². The van der Waals surface area contributed by atoms with Gasteiger partial charge in [-0.1, -0.05) is 0 Å². The predicted molar refractivity (Wildman–Crippen MR) is 53.9 cm³/mol. The summed E-state index contributed by atoms with van der Waals surface area (Å²) in [7, 11) is 0. The number of nitrogens with one attached hydrogen (secondary N) is 2. The normalized spacial score (nSPS) is 20.6. The molecule has 1 aromatic heterocycles. The van der Waals surface area contributed by atoms with E-state index >= 15 is 0 Å². The average Bonchev–Trinajstić information content (AvgIpc) is 2.63. The number of pyridine rings is 1. The van der Waals surface area contributed by atoms with Gasteiger partial charge in [0.2, 0.25) is 5.91 Å². The number of amides is 1. The maximum Gasteiger partial charge on any atom is 0.220 e. The summed E-state index contributed by atoms with van der Waals surface area (Å²) in [6.45, 7) is 0.787. The summed E-state index contributed by atoms with van der Waals surface area (Å²) in [6.07, 6.45) is 5.07. The first-order chi connectivity index (χ1) is 6.84.